The number of ketones is 1. The molecule has 0 atom stereocenters. The van der Waals surface area contributed by atoms with E-state index in [4.69, 9.17) is 21.1 Å². The van der Waals surface area contributed by atoms with Crippen LogP contribution in [0.2, 0.25) is 5.02 Å². The van der Waals surface area contributed by atoms with E-state index in [1.54, 1.807) is 48.2 Å². The number of carbonyl (C=O) groups is 1. The van der Waals surface area contributed by atoms with E-state index in [9.17, 15) is 4.79 Å². The van der Waals surface area contributed by atoms with Crippen molar-refractivity contribution in [2.75, 3.05) is 7.11 Å². The van der Waals surface area contributed by atoms with Gasteiger partial charge in [0, 0.05) is 18.0 Å². The lowest BCUT2D eigenvalue weighted by atomic mass is 10.1. The van der Waals surface area contributed by atoms with Crippen molar-refractivity contribution in [1.29, 1.82) is 0 Å². The molecule has 4 heterocycles. The summed E-state index contributed by atoms with van der Waals surface area (Å²) in [4.78, 5) is 21.1. The van der Waals surface area contributed by atoms with E-state index in [1.807, 2.05) is 0 Å². The van der Waals surface area contributed by atoms with Crippen LogP contribution in [0.15, 0.2) is 55.4 Å². The van der Waals surface area contributed by atoms with Gasteiger partial charge in [0.15, 0.2) is 11.4 Å². The first kappa shape index (κ1) is 17.9. The van der Waals surface area contributed by atoms with Gasteiger partial charge in [0.2, 0.25) is 0 Å². The summed E-state index contributed by atoms with van der Waals surface area (Å²) in [6.45, 7) is 0. The third kappa shape index (κ3) is 3.77. The molecule has 0 N–H and O–H groups in total. The lowest BCUT2D eigenvalue weighted by Crippen LogP contribution is -2.08. The molecule has 0 aliphatic rings. The molecule has 0 aliphatic heterocycles. The van der Waals surface area contributed by atoms with E-state index >= 15 is 0 Å². The van der Waals surface area contributed by atoms with Gasteiger partial charge in [-0.1, -0.05) is 11.6 Å². The molecule has 8 nitrogen and oxygen atoms in total. The Morgan fingerprint density at radius 3 is 2.79 bits per heavy atom. The van der Waals surface area contributed by atoms with Crippen molar-refractivity contribution < 1.29 is 14.3 Å². The van der Waals surface area contributed by atoms with Crippen molar-refractivity contribution >= 4 is 23.0 Å². The van der Waals surface area contributed by atoms with Crippen LogP contribution in [0, 0.1) is 0 Å². The van der Waals surface area contributed by atoms with Crippen molar-refractivity contribution in [3.05, 3.63) is 71.7 Å². The van der Waals surface area contributed by atoms with Crippen LogP contribution in [0.4, 0.5) is 0 Å². The minimum absolute atomic E-state index is 0.106. The number of nitrogens with zero attached hydrogens (tertiary/aromatic N) is 5. The van der Waals surface area contributed by atoms with E-state index in [0.717, 1.165) is 0 Å². The zero-order valence-corrected chi connectivity index (χ0v) is 15.5. The average molecular weight is 396 g/mol. The Bertz CT molecular complexity index is 1140. The third-order valence-electron chi connectivity index (χ3n) is 3.96. The van der Waals surface area contributed by atoms with Gasteiger partial charge >= 0.3 is 0 Å². The van der Waals surface area contributed by atoms with Crippen molar-refractivity contribution in [2.24, 2.45) is 0 Å². The highest BCUT2D eigenvalue weighted by Crippen LogP contribution is 2.26. The van der Waals surface area contributed by atoms with Crippen molar-refractivity contribution in [2.45, 2.75) is 6.42 Å². The number of pyridine rings is 3. The van der Waals surface area contributed by atoms with Crippen molar-refractivity contribution in [1.82, 2.24) is 24.6 Å². The van der Waals surface area contributed by atoms with Crippen LogP contribution in [0.3, 0.4) is 0 Å². The quantitative estimate of drug-likeness (QED) is 0.462. The second-order valence-corrected chi connectivity index (χ2v) is 6.32. The Morgan fingerprint density at radius 1 is 1.14 bits per heavy atom. The van der Waals surface area contributed by atoms with Gasteiger partial charge in [-0.25, -0.2) is 0 Å². The summed E-state index contributed by atoms with van der Waals surface area (Å²) in [6, 6.07) is 6.76. The molecule has 0 saturated heterocycles. The number of Topliss-reactive ketones (excluding diaryl/α,β-unsaturated/α-hetero) is 1. The predicted molar refractivity (Wildman–Crippen MR) is 101 cm³/mol. The number of aromatic nitrogens is 5. The summed E-state index contributed by atoms with van der Waals surface area (Å²) in [5.41, 5.74) is 1.44. The van der Waals surface area contributed by atoms with Gasteiger partial charge in [-0.3, -0.25) is 19.2 Å². The third-order valence-corrected chi connectivity index (χ3v) is 4.16. The molecule has 0 radical (unpaired) electrons. The molecule has 4 aromatic rings. The van der Waals surface area contributed by atoms with Crippen LogP contribution in [-0.4, -0.2) is 37.5 Å². The number of hydrogen-bond donors (Lipinski definition) is 0. The predicted octanol–water partition coefficient (Wildman–Crippen LogP) is 3.40. The molecule has 0 bridgehead atoms. The topological polar surface area (TPSA) is 91.5 Å². The first-order valence-corrected chi connectivity index (χ1v) is 8.64. The zero-order chi connectivity index (χ0) is 19.5. The number of methoxy groups -OCH3 is 1. The Balaban J connectivity index is 1.65. The number of rotatable bonds is 6. The van der Waals surface area contributed by atoms with E-state index in [0.29, 0.717) is 39.2 Å². The fourth-order valence-corrected chi connectivity index (χ4v) is 2.82. The van der Waals surface area contributed by atoms with Gasteiger partial charge in [-0.15, -0.1) is 10.2 Å². The Morgan fingerprint density at radius 2 is 2.04 bits per heavy atom. The summed E-state index contributed by atoms with van der Waals surface area (Å²) in [5.74, 6) is 1.35. The highest BCUT2D eigenvalue weighted by molar-refractivity contribution is 6.30. The van der Waals surface area contributed by atoms with Crippen LogP contribution < -0.4 is 9.47 Å². The summed E-state index contributed by atoms with van der Waals surface area (Å²) in [5, 5.41) is 8.36. The molecule has 0 spiro atoms. The second kappa shape index (κ2) is 7.61. The van der Waals surface area contributed by atoms with Crippen LogP contribution in [0.1, 0.15) is 16.1 Å². The highest BCUT2D eigenvalue weighted by atomic mass is 35.5. The molecule has 0 saturated carbocycles. The SMILES string of the molecule is COc1ccc(CC(=O)c2cc(Oc3cncc(Cl)c3)cn3cnnc23)nc1. The van der Waals surface area contributed by atoms with Gasteiger partial charge in [0.1, 0.15) is 23.6 Å². The molecule has 28 heavy (non-hydrogen) atoms. The summed E-state index contributed by atoms with van der Waals surface area (Å²) >= 11 is 5.94. The van der Waals surface area contributed by atoms with Crippen molar-refractivity contribution in [3.8, 4) is 17.2 Å². The first-order chi connectivity index (χ1) is 13.6. The lowest BCUT2D eigenvalue weighted by molar-refractivity contribution is 0.0992. The van der Waals surface area contributed by atoms with Gasteiger partial charge in [0.25, 0.3) is 0 Å². The van der Waals surface area contributed by atoms with E-state index in [2.05, 4.69) is 20.2 Å². The van der Waals surface area contributed by atoms with Crippen molar-refractivity contribution in [3.63, 3.8) is 0 Å². The van der Waals surface area contributed by atoms with E-state index in [-0.39, 0.29) is 12.2 Å². The lowest BCUT2D eigenvalue weighted by Gasteiger charge is -2.09. The van der Waals surface area contributed by atoms with Gasteiger partial charge < -0.3 is 9.47 Å². The zero-order valence-electron chi connectivity index (χ0n) is 14.7. The summed E-state index contributed by atoms with van der Waals surface area (Å²) < 4.78 is 12.5. The van der Waals surface area contributed by atoms with Crippen LogP contribution >= 0.6 is 11.6 Å². The maximum absolute atomic E-state index is 12.9. The minimum atomic E-state index is -0.162. The Hall–Kier alpha value is -3.52. The average Bonchev–Trinajstić information content (AvgIpc) is 3.16. The molecule has 4 aromatic heterocycles. The molecular formula is C19H14ClN5O3. The number of fused-ring (bicyclic) bond motifs is 1. The fraction of sp³-hybridized carbons (Fsp3) is 0.105. The van der Waals surface area contributed by atoms with Gasteiger partial charge in [-0.05, 0) is 18.2 Å². The molecule has 4 rings (SSSR count). The maximum atomic E-state index is 12.9. The molecular weight excluding hydrogens is 382 g/mol. The first-order valence-electron chi connectivity index (χ1n) is 8.26. The molecule has 0 aromatic carbocycles. The Labute approximate surface area is 164 Å². The highest BCUT2D eigenvalue weighted by Gasteiger charge is 2.16. The molecule has 0 aliphatic carbocycles. The Kier molecular flexibility index (Phi) is 4.86. The van der Waals surface area contributed by atoms with Crippen LogP contribution in [0.25, 0.3) is 5.65 Å². The number of hydrogen-bond acceptors (Lipinski definition) is 7. The smallest absolute Gasteiger partial charge is 0.172 e. The molecule has 0 amide bonds. The molecule has 9 heteroatoms. The monoisotopic (exact) mass is 395 g/mol. The number of ether oxygens (including phenoxy) is 2. The van der Waals surface area contributed by atoms with Gasteiger partial charge in [-0.2, -0.15) is 0 Å². The minimum Gasteiger partial charge on any atom is -0.495 e. The maximum Gasteiger partial charge on any atom is 0.172 e. The summed E-state index contributed by atoms with van der Waals surface area (Å²) in [6.07, 6.45) is 7.90. The normalized spacial score (nSPS) is 10.8. The largest absolute Gasteiger partial charge is 0.495 e. The standard InChI is InChI=1S/C19H14ClN5O3/c1-27-14-3-2-13(22-9-14)5-18(26)17-6-16(10-25-11-23-24-19(17)25)28-15-4-12(20)7-21-8-15/h2-4,6-11H,5H2,1H3. The number of halogens is 1. The second-order valence-electron chi connectivity index (χ2n) is 5.88. The van der Waals surface area contributed by atoms with E-state index in [1.165, 1.54) is 18.7 Å². The van der Waals surface area contributed by atoms with Crippen LogP contribution in [-0.2, 0) is 6.42 Å². The molecule has 0 fully saturated rings. The molecule has 0 unspecified atom stereocenters. The van der Waals surface area contributed by atoms with E-state index < -0.39 is 0 Å². The number of carbonyl (C=O) groups excluding carboxylic acids is 1. The van der Waals surface area contributed by atoms with Crippen LogP contribution in [0.5, 0.6) is 17.2 Å². The summed E-state index contributed by atoms with van der Waals surface area (Å²) in [7, 11) is 1.56. The fourth-order valence-electron chi connectivity index (χ4n) is 2.65. The van der Waals surface area contributed by atoms with Gasteiger partial charge in [0.05, 0.1) is 42.7 Å². The molecule has 140 valence electrons.